The summed E-state index contributed by atoms with van der Waals surface area (Å²) in [5.41, 5.74) is 3.33. The zero-order chi connectivity index (χ0) is 23.2. The molecule has 0 N–H and O–H groups in total. The zero-order valence-corrected chi connectivity index (χ0v) is 19.3. The van der Waals surface area contributed by atoms with Crippen LogP contribution in [0.5, 0.6) is 11.5 Å². The molecule has 0 spiro atoms. The molecule has 6 heteroatoms. The van der Waals surface area contributed by atoms with Crippen molar-refractivity contribution in [2.45, 2.75) is 13.3 Å². The summed E-state index contributed by atoms with van der Waals surface area (Å²) < 4.78 is 13.0. The van der Waals surface area contributed by atoms with Crippen LogP contribution >= 0.6 is 0 Å². The lowest BCUT2D eigenvalue weighted by atomic mass is 10.0. The lowest BCUT2D eigenvalue weighted by molar-refractivity contribution is 0.230. The molecule has 6 nitrogen and oxygen atoms in total. The van der Waals surface area contributed by atoms with Crippen molar-refractivity contribution in [1.82, 2.24) is 14.5 Å². The first kappa shape index (κ1) is 22.6. The van der Waals surface area contributed by atoms with E-state index in [4.69, 9.17) is 9.47 Å². The van der Waals surface area contributed by atoms with E-state index < -0.39 is 0 Å². The van der Waals surface area contributed by atoms with E-state index in [0.717, 1.165) is 30.6 Å². The van der Waals surface area contributed by atoms with Crippen LogP contribution in [0.15, 0.2) is 77.9 Å². The van der Waals surface area contributed by atoms with Crippen LogP contribution in [-0.2, 0) is 0 Å². The fourth-order valence-electron chi connectivity index (χ4n) is 3.85. The molecule has 0 aliphatic heterocycles. The van der Waals surface area contributed by atoms with Gasteiger partial charge in [0.2, 0.25) is 0 Å². The Morgan fingerprint density at radius 1 is 0.939 bits per heavy atom. The fourth-order valence-corrected chi connectivity index (χ4v) is 3.85. The highest BCUT2D eigenvalue weighted by molar-refractivity contribution is 5.83. The van der Waals surface area contributed by atoms with Crippen molar-refractivity contribution in [2.24, 2.45) is 0 Å². The third-order valence-corrected chi connectivity index (χ3v) is 5.63. The first-order valence-electron chi connectivity index (χ1n) is 11.2. The third-order valence-electron chi connectivity index (χ3n) is 5.63. The molecule has 0 radical (unpaired) electrons. The fraction of sp³-hybridized carbons (Fsp3) is 0.259. The predicted octanol–water partition coefficient (Wildman–Crippen LogP) is 4.78. The maximum Gasteiger partial charge on any atom is 0.265 e. The summed E-state index contributed by atoms with van der Waals surface area (Å²) in [5, 5.41) is 0.565. The lowest BCUT2D eigenvalue weighted by Gasteiger charge is -2.17. The van der Waals surface area contributed by atoms with Gasteiger partial charge in [0.15, 0.2) is 11.5 Å². The van der Waals surface area contributed by atoms with Gasteiger partial charge in [-0.15, -0.1) is 0 Å². The van der Waals surface area contributed by atoms with E-state index in [1.54, 1.807) is 19.5 Å². The van der Waals surface area contributed by atoms with Gasteiger partial charge in [0, 0.05) is 12.6 Å². The molecule has 0 saturated heterocycles. The number of nitrogens with zero attached hydrogens (tertiary/aromatic N) is 3. The Hall–Kier alpha value is -3.64. The van der Waals surface area contributed by atoms with E-state index in [2.05, 4.69) is 23.9 Å². The van der Waals surface area contributed by atoms with Gasteiger partial charge >= 0.3 is 0 Å². The Balaban J connectivity index is 1.60. The molecule has 3 aromatic carbocycles. The van der Waals surface area contributed by atoms with Gasteiger partial charge in [-0.2, -0.15) is 0 Å². The van der Waals surface area contributed by atoms with Crippen LogP contribution in [0, 0.1) is 0 Å². The summed E-state index contributed by atoms with van der Waals surface area (Å²) in [4.78, 5) is 20.0. The maximum atomic E-state index is 13.2. The Morgan fingerprint density at radius 3 is 2.52 bits per heavy atom. The van der Waals surface area contributed by atoms with E-state index in [-0.39, 0.29) is 5.56 Å². The molecule has 0 bridgehead atoms. The second-order valence-corrected chi connectivity index (χ2v) is 8.00. The number of methoxy groups -OCH3 is 1. The van der Waals surface area contributed by atoms with Crippen molar-refractivity contribution < 1.29 is 9.47 Å². The number of likely N-dealkylation sites (N-methyl/N-ethyl adjacent to an activating group) is 1. The maximum absolute atomic E-state index is 13.2. The van der Waals surface area contributed by atoms with Crippen molar-refractivity contribution >= 4 is 10.9 Å². The van der Waals surface area contributed by atoms with Crippen molar-refractivity contribution in [2.75, 3.05) is 33.9 Å². The largest absolute Gasteiger partial charge is 0.493 e. The Labute approximate surface area is 194 Å². The van der Waals surface area contributed by atoms with Crippen molar-refractivity contribution in [3.63, 3.8) is 0 Å². The van der Waals surface area contributed by atoms with Gasteiger partial charge in [0.05, 0.1) is 23.7 Å². The van der Waals surface area contributed by atoms with Crippen molar-refractivity contribution in [3.8, 4) is 28.3 Å². The van der Waals surface area contributed by atoms with Crippen LogP contribution < -0.4 is 15.0 Å². The summed E-state index contributed by atoms with van der Waals surface area (Å²) in [7, 11) is 3.68. The minimum Gasteiger partial charge on any atom is -0.493 e. The Morgan fingerprint density at radius 2 is 1.76 bits per heavy atom. The van der Waals surface area contributed by atoms with Crippen LogP contribution in [0.4, 0.5) is 0 Å². The second kappa shape index (κ2) is 10.3. The molecule has 1 heterocycles. The summed E-state index contributed by atoms with van der Waals surface area (Å²) in [5.74, 6) is 1.23. The molecule has 4 aromatic rings. The molecule has 0 atom stereocenters. The number of ether oxygens (including phenoxy) is 2. The minimum atomic E-state index is -0.128. The zero-order valence-electron chi connectivity index (χ0n) is 19.3. The predicted molar refractivity (Wildman–Crippen MR) is 133 cm³/mol. The van der Waals surface area contributed by atoms with Gasteiger partial charge in [-0.3, -0.25) is 9.36 Å². The van der Waals surface area contributed by atoms with Gasteiger partial charge < -0.3 is 14.4 Å². The first-order chi connectivity index (χ1) is 16.1. The van der Waals surface area contributed by atoms with Crippen LogP contribution in [0.1, 0.15) is 13.3 Å². The quantitative estimate of drug-likeness (QED) is 0.373. The molecule has 33 heavy (non-hydrogen) atoms. The van der Waals surface area contributed by atoms with Gasteiger partial charge in [-0.25, -0.2) is 4.98 Å². The SMILES string of the molecule is CCCN(C)CCOc1ccc(-n2cnc3cc(-c4ccccc4)ccc3c2=O)cc1OC. The summed E-state index contributed by atoms with van der Waals surface area (Å²) in [6, 6.07) is 21.3. The van der Waals surface area contributed by atoms with E-state index in [9.17, 15) is 4.79 Å². The molecule has 0 saturated carbocycles. The van der Waals surface area contributed by atoms with Crippen LogP contribution in [0.2, 0.25) is 0 Å². The highest BCUT2D eigenvalue weighted by Gasteiger charge is 2.11. The second-order valence-electron chi connectivity index (χ2n) is 8.00. The molecule has 170 valence electrons. The Bertz CT molecular complexity index is 1290. The molecule has 4 rings (SSSR count). The monoisotopic (exact) mass is 443 g/mol. The van der Waals surface area contributed by atoms with Gasteiger partial charge in [-0.1, -0.05) is 43.3 Å². The highest BCUT2D eigenvalue weighted by atomic mass is 16.5. The van der Waals surface area contributed by atoms with Crippen molar-refractivity contribution in [3.05, 3.63) is 83.4 Å². The smallest absolute Gasteiger partial charge is 0.265 e. The van der Waals surface area contributed by atoms with Gasteiger partial charge in [0.25, 0.3) is 5.56 Å². The van der Waals surface area contributed by atoms with E-state index in [1.165, 1.54) is 4.57 Å². The van der Waals surface area contributed by atoms with E-state index >= 15 is 0 Å². The number of hydrogen-bond donors (Lipinski definition) is 0. The number of rotatable bonds is 9. The summed E-state index contributed by atoms with van der Waals surface area (Å²) in [6.45, 7) is 4.58. The normalized spacial score (nSPS) is 11.2. The van der Waals surface area contributed by atoms with Crippen LogP contribution in [-0.4, -0.2) is 48.3 Å². The van der Waals surface area contributed by atoms with Crippen molar-refractivity contribution in [1.29, 1.82) is 0 Å². The topological polar surface area (TPSA) is 56.6 Å². The van der Waals surface area contributed by atoms with Crippen LogP contribution in [0.3, 0.4) is 0 Å². The molecular formula is C27H29N3O3. The van der Waals surface area contributed by atoms with Crippen LogP contribution in [0.25, 0.3) is 27.7 Å². The number of fused-ring (bicyclic) bond motifs is 1. The number of aromatic nitrogens is 2. The highest BCUT2D eigenvalue weighted by Crippen LogP contribution is 2.29. The van der Waals surface area contributed by atoms with Gasteiger partial charge in [-0.05, 0) is 55.4 Å². The molecule has 0 aliphatic rings. The molecule has 1 aromatic heterocycles. The standard InChI is InChI=1S/C27H29N3O3/c1-4-14-29(2)15-16-33-25-13-11-22(18-26(25)32-3)30-19-28-24-17-21(10-12-23(24)27(30)31)20-8-6-5-7-9-20/h5-13,17-19H,4,14-16H2,1-3H3. The molecule has 0 fully saturated rings. The van der Waals surface area contributed by atoms with Gasteiger partial charge in [0.1, 0.15) is 12.9 Å². The average molecular weight is 444 g/mol. The van der Waals surface area contributed by atoms with E-state index in [0.29, 0.717) is 34.7 Å². The lowest BCUT2D eigenvalue weighted by Crippen LogP contribution is -2.25. The van der Waals surface area contributed by atoms with E-state index in [1.807, 2.05) is 60.7 Å². The summed E-state index contributed by atoms with van der Waals surface area (Å²) in [6.07, 6.45) is 2.67. The first-order valence-corrected chi connectivity index (χ1v) is 11.2. The number of hydrogen-bond acceptors (Lipinski definition) is 5. The minimum absolute atomic E-state index is 0.128. The number of benzene rings is 3. The Kier molecular flexibility index (Phi) is 7.05. The molecular weight excluding hydrogens is 414 g/mol. The average Bonchev–Trinajstić information content (AvgIpc) is 2.85. The molecule has 0 unspecified atom stereocenters. The summed E-state index contributed by atoms with van der Waals surface area (Å²) >= 11 is 0. The molecule has 0 amide bonds. The molecule has 0 aliphatic carbocycles. The third kappa shape index (κ3) is 5.07.